The molecule has 5 nitrogen and oxygen atoms in total. The van der Waals surface area contributed by atoms with E-state index in [-0.39, 0.29) is 18.7 Å². The van der Waals surface area contributed by atoms with E-state index in [0.717, 1.165) is 12.1 Å². The number of primary amides is 1. The van der Waals surface area contributed by atoms with E-state index in [1.54, 1.807) is 18.2 Å². The normalized spacial score (nSPS) is 18.3. The zero-order valence-electron chi connectivity index (χ0n) is 13.9. The van der Waals surface area contributed by atoms with Crippen molar-refractivity contribution in [1.29, 1.82) is 0 Å². The van der Waals surface area contributed by atoms with Gasteiger partial charge in [0.1, 0.15) is 16.8 Å². The topological polar surface area (TPSA) is 84.6 Å². The molecule has 1 heterocycles. The first-order valence-corrected chi connectivity index (χ1v) is 8.32. The third-order valence-corrected chi connectivity index (χ3v) is 5.00. The summed E-state index contributed by atoms with van der Waals surface area (Å²) in [5.74, 6) is -1.18. The fraction of sp³-hybridized carbons (Fsp3) is 0.278. The second-order valence-corrected chi connectivity index (χ2v) is 6.78. The highest BCUT2D eigenvalue weighted by molar-refractivity contribution is 6.30. The number of nitrogens with one attached hydrogen (secondary N) is 1. The van der Waals surface area contributed by atoms with Crippen LogP contribution in [-0.4, -0.2) is 30.5 Å². The van der Waals surface area contributed by atoms with E-state index in [9.17, 15) is 23.1 Å². The molecule has 4 N–H and O–H groups in total. The summed E-state index contributed by atoms with van der Waals surface area (Å²) in [6, 6.07) is 10.9. The highest BCUT2D eigenvalue weighted by Gasteiger charge is 2.60. The van der Waals surface area contributed by atoms with Gasteiger partial charge in [0.2, 0.25) is 5.91 Å². The Balaban J connectivity index is 2.12. The van der Waals surface area contributed by atoms with Crippen molar-refractivity contribution in [2.75, 3.05) is 13.1 Å². The molecule has 1 aliphatic rings. The average Bonchev–Trinajstić information content (AvgIpc) is 2.52. The summed E-state index contributed by atoms with van der Waals surface area (Å²) in [5, 5.41) is 14.9. The Kier molecular flexibility index (Phi) is 4.83. The minimum absolute atomic E-state index is 0.103. The van der Waals surface area contributed by atoms with Crippen LogP contribution in [0.3, 0.4) is 0 Å². The molecule has 27 heavy (non-hydrogen) atoms. The molecule has 9 heteroatoms. The molecule has 0 radical (unpaired) electrons. The quantitative estimate of drug-likeness (QED) is 0.720. The van der Waals surface area contributed by atoms with Crippen LogP contribution >= 0.6 is 11.6 Å². The fourth-order valence-corrected chi connectivity index (χ4v) is 3.50. The Hall–Kier alpha value is -2.29. The van der Waals surface area contributed by atoms with Gasteiger partial charge in [-0.3, -0.25) is 4.79 Å². The molecule has 1 amide bonds. The lowest BCUT2D eigenvalue weighted by Gasteiger charge is -2.51. The lowest BCUT2D eigenvalue weighted by molar-refractivity contribution is -0.274. The third-order valence-electron chi connectivity index (χ3n) is 4.77. The summed E-state index contributed by atoms with van der Waals surface area (Å²) in [4.78, 5) is 12.3. The summed E-state index contributed by atoms with van der Waals surface area (Å²) in [6.45, 7) is 0.207. The number of rotatable bonds is 5. The second kappa shape index (κ2) is 6.70. The van der Waals surface area contributed by atoms with E-state index >= 15 is 0 Å². The van der Waals surface area contributed by atoms with Crippen LogP contribution in [-0.2, 0) is 10.4 Å². The first-order chi connectivity index (χ1) is 12.6. The molecule has 1 saturated heterocycles. The van der Waals surface area contributed by atoms with Gasteiger partial charge in [-0.25, -0.2) is 0 Å². The van der Waals surface area contributed by atoms with Crippen molar-refractivity contribution in [3.8, 4) is 5.75 Å². The van der Waals surface area contributed by atoms with E-state index in [1.165, 1.54) is 18.2 Å². The van der Waals surface area contributed by atoms with Crippen molar-refractivity contribution in [3.05, 3.63) is 64.7 Å². The zero-order chi connectivity index (χ0) is 19.9. The van der Waals surface area contributed by atoms with Gasteiger partial charge in [0.05, 0.1) is 0 Å². The van der Waals surface area contributed by atoms with E-state index < -0.39 is 29.0 Å². The summed E-state index contributed by atoms with van der Waals surface area (Å²) in [5.41, 5.74) is 2.82. The number of aliphatic hydroxyl groups is 1. The van der Waals surface area contributed by atoms with Gasteiger partial charge >= 0.3 is 6.36 Å². The summed E-state index contributed by atoms with van der Waals surface area (Å²) in [7, 11) is 0. The number of alkyl halides is 3. The van der Waals surface area contributed by atoms with Gasteiger partial charge in [0.15, 0.2) is 0 Å². The third kappa shape index (κ3) is 3.36. The first kappa shape index (κ1) is 19.5. The Morgan fingerprint density at radius 2 is 1.78 bits per heavy atom. The molecule has 0 saturated carbocycles. The van der Waals surface area contributed by atoms with Gasteiger partial charge in [0, 0.05) is 18.1 Å². The van der Waals surface area contributed by atoms with Crippen molar-refractivity contribution in [2.24, 2.45) is 11.1 Å². The van der Waals surface area contributed by atoms with Gasteiger partial charge < -0.3 is 20.9 Å². The molecule has 0 aromatic heterocycles. The number of ether oxygens (including phenoxy) is 1. The van der Waals surface area contributed by atoms with Crippen molar-refractivity contribution < 1.29 is 27.8 Å². The maximum Gasteiger partial charge on any atom is 0.573 e. The van der Waals surface area contributed by atoms with Crippen LogP contribution in [0, 0.1) is 5.41 Å². The molecule has 0 aliphatic carbocycles. The lowest BCUT2D eigenvalue weighted by atomic mass is 9.61. The number of carbonyl (C=O) groups excluding carboxylic acids is 1. The number of benzene rings is 2. The Bertz CT molecular complexity index is 854. The largest absolute Gasteiger partial charge is 0.573 e. The van der Waals surface area contributed by atoms with E-state index in [4.69, 9.17) is 17.3 Å². The molecule has 1 atom stereocenters. The maximum atomic E-state index is 12.4. The highest BCUT2D eigenvalue weighted by atomic mass is 35.5. The SMILES string of the molecule is NC(=O)C1(C(O)(c2ccc(OC(F)(F)F)cc2)c2cccc(Cl)c2)CNC1. The first-order valence-electron chi connectivity index (χ1n) is 7.94. The molecule has 1 unspecified atom stereocenters. The Morgan fingerprint density at radius 1 is 1.15 bits per heavy atom. The number of hydrogen-bond donors (Lipinski definition) is 3. The molecule has 2 aromatic carbocycles. The molecular formula is C18H16ClF3N2O3. The molecule has 3 rings (SSSR count). The fourth-order valence-electron chi connectivity index (χ4n) is 3.31. The zero-order valence-corrected chi connectivity index (χ0v) is 14.6. The van der Waals surface area contributed by atoms with Crippen LogP contribution < -0.4 is 15.8 Å². The number of carbonyl (C=O) groups is 1. The van der Waals surface area contributed by atoms with Crippen molar-refractivity contribution in [1.82, 2.24) is 5.32 Å². The van der Waals surface area contributed by atoms with Gasteiger partial charge in [-0.05, 0) is 35.4 Å². The predicted octanol–water partition coefficient (Wildman–Crippen LogP) is 2.55. The van der Waals surface area contributed by atoms with Gasteiger partial charge in [-0.1, -0.05) is 35.9 Å². The van der Waals surface area contributed by atoms with Gasteiger partial charge in [-0.2, -0.15) is 0 Å². The van der Waals surface area contributed by atoms with E-state index in [2.05, 4.69) is 10.1 Å². The summed E-state index contributed by atoms with van der Waals surface area (Å²) >= 11 is 6.04. The smallest absolute Gasteiger partial charge is 0.406 e. The summed E-state index contributed by atoms with van der Waals surface area (Å²) in [6.07, 6.45) is -4.84. The molecular weight excluding hydrogens is 385 g/mol. The van der Waals surface area contributed by atoms with Crippen molar-refractivity contribution in [3.63, 3.8) is 0 Å². The molecule has 1 aliphatic heterocycles. The van der Waals surface area contributed by atoms with Gasteiger partial charge in [0.25, 0.3) is 0 Å². The average molecular weight is 401 g/mol. The maximum absolute atomic E-state index is 12.4. The van der Waals surface area contributed by atoms with Crippen LogP contribution in [0.2, 0.25) is 5.02 Å². The van der Waals surface area contributed by atoms with Crippen LogP contribution in [0.5, 0.6) is 5.75 Å². The van der Waals surface area contributed by atoms with Crippen LogP contribution in [0.1, 0.15) is 11.1 Å². The minimum atomic E-state index is -4.84. The molecule has 1 fully saturated rings. The second-order valence-electron chi connectivity index (χ2n) is 6.34. The monoisotopic (exact) mass is 400 g/mol. The number of hydrogen-bond acceptors (Lipinski definition) is 4. The van der Waals surface area contributed by atoms with Gasteiger partial charge in [-0.15, -0.1) is 13.2 Å². The minimum Gasteiger partial charge on any atom is -0.406 e. The molecule has 144 valence electrons. The van der Waals surface area contributed by atoms with E-state index in [1.807, 2.05) is 0 Å². The standard InChI is InChI=1S/C18H16ClF3N2O3/c19-13-3-1-2-12(8-13)17(26,16(15(23)25)9-24-10-16)11-4-6-14(7-5-11)27-18(20,21)22/h1-8,24,26H,9-10H2,(H2,23,25). The van der Waals surface area contributed by atoms with Crippen molar-refractivity contribution in [2.45, 2.75) is 12.0 Å². The van der Waals surface area contributed by atoms with Crippen LogP contribution in [0.15, 0.2) is 48.5 Å². The Labute approximate surface area is 157 Å². The molecule has 2 aromatic rings. The molecule has 0 bridgehead atoms. The predicted molar refractivity (Wildman–Crippen MR) is 92.1 cm³/mol. The molecule has 0 spiro atoms. The lowest BCUT2D eigenvalue weighted by Crippen LogP contribution is -2.70. The van der Waals surface area contributed by atoms with E-state index in [0.29, 0.717) is 10.6 Å². The summed E-state index contributed by atoms with van der Waals surface area (Å²) < 4.78 is 41.0. The Morgan fingerprint density at radius 3 is 2.22 bits per heavy atom. The number of amides is 1. The van der Waals surface area contributed by atoms with Crippen LogP contribution in [0.4, 0.5) is 13.2 Å². The number of halogens is 4. The van der Waals surface area contributed by atoms with Crippen molar-refractivity contribution >= 4 is 17.5 Å². The highest BCUT2D eigenvalue weighted by Crippen LogP contribution is 2.48. The van der Waals surface area contributed by atoms with Crippen LogP contribution in [0.25, 0.3) is 0 Å². The number of nitrogens with two attached hydrogens (primary N) is 1.